The first-order chi connectivity index (χ1) is 24.4. The van der Waals surface area contributed by atoms with E-state index in [1.807, 2.05) is 55.5 Å². The molecule has 3 aliphatic heterocycles. The van der Waals surface area contributed by atoms with E-state index >= 15 is 0 Å². The van der Waals surface area contributed by atoms with Crippen molar-refractivity contribution in [1.82, 2.24) is 15.1 Å². The minimum atomic E-state index is -5.78. The Hall–Kier alpha value is -4.20. The number of thiophene rings is 1. The third-order valence-corrected chi connectivity index (χ3v) is 12.1. The molecule has 0 aliphatic carbocycles. The topological polar surface area (TPSA) is 140 Å². The predicted octanol–water partition coefficient (Wildman–Crippen LogP) is 5.40. The summed E-state index contributed by atoms with van der Waals surface area (Å²) in [5, 5.41) is 3.07. The first kappa shape index (κ1) is 35.2. The number of alkyl halides is 2. The van der Waals surface area contributed by atoms with Gasteiger partial charge in [-0.1, -0.05) is 49.4 Å². The van der Waals surface area contributed by atoms with E-state index in [0.717, 1.165) is 34.6 Å². The molecule has 2 saturated heterocycles. The van der Waals surface area contributed by atoms with E-state index in [4.69, 9.17) is 4.74 Å². The molecule has 3 atom stereocenters. The average Bonchev–Trinajstić information content (AvgIpc) is 3.75. The lowest BCUT2D eigenvalue weighted by Crippen LogP contribution is -2.61. The van der Waals surface area contributed by atoms with Crippen molar-refractivity contribution in [3.8, 4) is 16.9 Å². The van der Waals surface area contributed by atoms with E-state index in [1.165, 1.54) is 12.1 Å². The zero-order chi connectivity index (χ0) is 36.1. The van der Waals surface area contributed by atoms with Crippen molar-refractivity contribution in [3.63, 3.8) is 0 Å². The minimum absolute atomic E-state index is 0.143. The van der Waals surface area contributed by atoms with Crippen LogP contribution in [0.5, 0.6) is 5.75 Å². The summed E-state index contributed by atoms with van der Waals surface area (Å²) in [5.74, 6) is -0.563. The van der Waals surface area contributed by atoms with Gasteiger partial charge in [0, 0.05) is 29.4 Å². The number of ether oxygens (including phenoxy) is 1. The Balaban J connectivity index is 1.13. The van der Waals surface area contributed by atoms with Crippen molar-refractivity contribution >= 4 is 52.4 Å². The Kier molecular flexibility index (Phi) is 9.49. The van der Waals surface area contributed by atoms with Crippen molar-refractivity contribution < 1.29 is 42.3 Å². The molecule has 2 fully saturated rings. The van der Waals surface area contributed by atoms with Crippen LogP contribution in [0.1, 0.15) is 41.4 Å². The smallest absolute Gasteiger partial charge is 0.399 e. The summed E-state index contributed by atoms with van der Waals surface area (Å²) in [6.45, 7) is 4.14. The number of carbonyl (C=O) groups is 3. The maximum absolute atomic E-state index is 14.4. The van der Waals surface area contributed by atoms with E-state index in [1.54, 1.807) is 9.80 Å². The molecule has 0 radical (unpaired) electrons. The number of hydrogen-bond acceptors (Lipinski definition) is 7. The van der Waals surface area contributed by atoms with Crippen LogP contribution in [-0.2, 0) is 19.8 Å². The molecule has 11 nitrogen and oxygen atoms in total. The van der Waals surface area contributed by atoms with Crippen molar-refractivity contribution in [2.45, 2.75) is 50.0 Å². The molecule has 1 aromatic heterocycles. The highest BCUT2D eigenvalue weighted by Crippen LogP contribution is 2.59. The summed E-state index contributed by atoms with van der Waals surface area (Å²) in [7, 11) is -5.78. The first-order valence-electron chi connectivity index (χ1n) is 16.8. The number of likely N-dealkylation sites (N-methyl/N-ethyl adjacent to an activating group) is 1. The van der Waals surface area contributed by atoms with Gasteiger partial charge < -0.3 is 34.5 Å². The number of anilines is 1. The van der Waals surface area contributed by atoms with Crippen LogP contribution in [0.3, 0.4) is 0 Å². The van der Waals surface area contributed by atoms with E-state index in [2.05, 4.69) is 10.2 Å². The zero-order valence-corrected chi connectivity index (χ0v) is 29.4. The highest BCUT2D eigenvalue weighted by molar-refractivity contribution is 7.52. The lowest BCUT2D eigenvalue weighted by Gasteiger charge is -2.40. The van der Waals surface area contributed by atoms with Crippen molar-refractivity contribution in [2.24, 2.45) is 0 Å². The molecule has 51 heavy (non-hydrogen) atoms. The molecule has 3 N–H and O–H groups in total. The molecular formula is C36H37F2N4O7PS. The Morgan fingerprint density at radius 1 is 1.00 bits per heavy atom. The van der Waals surface area contributed by atoms with Gasteiger partial charge in [-0.05, 0) is 72.7 Å². The second-order valence-electron chi connectivity index (χ2n) is 13.0. The Bertz CT molecular complexity index is 2040. The van der Waals surface area contributed by atoms with Gasteiger partial charge in [0.15, 0.2) is 0 Å². The summed E-state index contributed by atoms with van der Waals surface area (Å²) in [5.41, 5.74) is -2.64. The summed E-state index contributed by atoms with van der Waals surface area (Å²) < 4.78 is 46.7. The normalized spacial score (nSPS) is 21.4. The third-order valence-electron chi connectivity index (χ3n) is 9.96. The molecular weight excluding hydrogens is 701 g/mol. The molecule has 7 rings (SSSR count). The van der Waals surface area contributed by atoms with E-state index in [9.17, 15) is 37.5 Å². The van der Waals surface area contributed by atoms with E-state index in [-0.39, 0.29) is 34.7 Å². The number of nitrogens with one attached hydrogen (secondary N) is 1. The van der Waals surface area contributed by atoms with Crippen molar-refractivity contribution in [2.75, 3.05) is 37.7 Å². The van der Waals surface area contributed by atoms with Gasteiger partial charge in [-0.3, -0.25) is 18.9 Å². The van der Waals surface area contributed by atoms with Crippen LogP contribution < -0.4 is 15.0 Å². The van der Waals surface area contributed by atoms with Gasteiger partial charge >= 0.3 is 13.3 Å². The summed E-state index contributed by atoms with van der Waals surface area (Å²) in [6.07, 6.45) is 1.80. The molecule has 0 saturated carbocycles. The Morgan fingerprint density at radius 3 is 2.53 bits per heavy atom. The summed E-state index contributed by atoms with van der Waals surface area (Å²) in [4.78, 5) is 66.3. The third kappa shape index (κ3) is 6.67. The maximum atomic E-state index is 14.4. The van der Waals surface area contributed by atoms with Gasteiger partial charge in [-0.25, -0.2) is 0 Å². The number of halogens is 2. The molecule has 0 bridgehead atoms. The molecule has 3 amide bonds. The second-order valence-corrected chi connectivity index (χ2v) is 15.8. The molecule has 15 heteroatoms. The lowest BCUT2D eigenvalue weighted by atomic mass is 10.0. The van der Waals surface area contributed by atoms with E-state index < -0.39 is 36.8 Å². The summed E-state index contributed by atoms with van der Waals surface area (Å²) >= 11 is 1.01. The van der Waals surface area contributed by atoms with Crippen LogP contribution in [-0.4, -0.2) is 88.2 Å². The Labute approximate surface area is 296 Å². The fourth-order valence-electron chi connectivity index (χ4n) is 7.25. The molecule has 3 aromatic carbocycles. The summed E-state index contributed by atoms with van der Waals surface area (Å²) in [6, 6.07) is 18.2. The van der Waals surface area contributed by atoms with Crippen LogP contribution in [0.15, 0.2) is 72.8 Å². The van der Waals surface area contributed by atoms with Crippen LogP contribution in [0, 0.1) is 0 Å². The molecule has 3 aliphatic rings. The van der Waals surface area contributed by atoms with Crippen molar-refractivity contribution in [3.05, 3.63) is 83.2 Å². The number of fused-ring (bicyclic) bond motifs is 3. The molecule has 1 unspecified atom stereocenters. The van der Waals surface area contributed by atoms with Gasteiger partial charge in [0.05, 0.1) is 17.1 Å². The number of rotatable bonds is 7. The zero-order valence-electron chi connectivity index (χ0n) is 27.7. The Morgan fingerprint density at radius 2 is 1.78 bits per heavy atom. The van der Waals surface area contributed by atoms with Gasteiger partial charge in [0.1, 0.15) is 24.4 Å². The highest BCUT2D eigenvalue weighted by atomic mass is 32.1. The van der Waals surface area contributed by atoms with Gasteiger partial charge in [0.25, 0.3) is 5.91 Å². The van der Waals surface area contributed by atoms with Crippen LogP contribution in [0.2, 0.25) is 0 Å². The SMILES string of the molecule is CCN1CC[C@H]2CC[C@@H](C(=O)N3CCOc4cc(-c5ccccc5)ccc43)N2C(=O)C(NC(=O)c2cc3cc(C(F)(F)P(=O)(O)O)ccc3s2)C1. The van der Waals surface area contributed by atoms with Crippen LogP contribution in [0.4, 0.5) is 14.5 Å². The van der Waals surface area contributed by atoms with Crippen LogP contribution in [0.25, 0.3) is 21.2 Å². The molecule has 0 spiro atoms. The first-order valence-corrected chi connectivity index (χ1v) is 19.2. The predicted molar refractivity (Wildman–Crippen MR) is 189 cm³/mol. The number of nitrogens with zero attached hydrogens (tertiary/aromatic N) is 3. The fraction of sp³-hybridized carbons (Fsp3) is 0.361. The number of benzene rings is 3. The monoisotopic (exact) mass is 738 g/mol. The highest BCUT2D eigenvalue weighted by Gasteiger charge is 2.50. The quantitative estimate of drug-likeness (QED) is 0.214. The maximum Gasteiger partial charge on any atom is 0.399 e. The average molecular weight is 739 g/mol. The molecule has 268 valence electrons. The number of amides is 3. The lowest BCUT2D eigenvalue weighted by molar-refractivity contribution is -0.142. The number of carbonyl (C=O) groups excluding carboxylic acids is 3. The van der Waals surface area contributed by atoms with Gasteiger partial charge in [-0.2, -0.15) is 8.78 Å². The second kappa shape index (κ2) is 13.7. The fourth-order valence-corrected chi connectivity index (χ4v) is 8.68. The van der Waals surface area contributed by atoms with Gasteiger partial charge in [-0.15, -0.1) is 11.3 Å². The minimum Gasteiger partial charge on any atom is -0.490 e. The van der Waals surface area contributed by atoms with E-state index in [0.29, 0.717) is 61.6 Å². The van der Waals surface area contributed by atoms with Gasteiger partial charge in [0.2, 0.25) is 11.8 Å². The largest absolute Gasteiger partial charge is 0.490 e. The number of hydrogen-bond donors (Lipinski definition) is 3. The van der Waals surface area contributed by atoms with Crippen LogP contribution >= 0.6 is 18.9 Å². The standard InChI is InChI=1S/C36H37F2N4O7PS/c1-2-40-15-14-26-10-12-29(35(45)41-16-17-49-30-19-23(8-11-28(30)41)22-6-4-3-5-7-22)42(26)34(44)27(21-40)39-33(43)32-20-24-18-25(9-13-31(24)51-32)36(37,38)50(46,47)48/h3-9,11,13,18-20,26-27,29H,2,10,12,14-17,21H2,1H3,(H,39,43)(H2,46,47,48)/t26-,27?,29+/m1/s1. The molecule has 4 aromatic rings. The molecule has 4 heterocycles. The van der Waals surface area contributed by atoms with Crippen molar-refractivity contribution in [1.29, 1.82) is 0 Å².